The van der Waals surface area contributed by atoms with E-state index in [0.29, 0.717) is 16.3 Å². The van der Waals surface area contributed by atoms with E-state index in [-0.39, 0.29) is 30.7 Å². The van der Waals surface area contributed by atoms with Gasteiger partial charge in [-0.1, -0.05) is 43.6 Å². The average molecular weight is 743 g/mol. The zero-order chi connectivity index (χ0) is 37.7. The third-order valence-electron chi connectivity index (χ3n) is 8.03. The number of hydrogen-bond donors (Lipinski definition) is 4. The molecule has 52 heavy (non-hydrogen) atoms. The summed E-state index contributed by atoms with van der Waals surface area (Å²) in [5.41, 5.74) is 0.658. The second-order valence-electron chi connectivity index (χ2n) is 13.0. The van der Waals surface area contributed by atoms with E-state index in [9.17, 15) is 31.9 Å². The van der Waals surface area contributed by atoms with Crippen LogP contribution in [0, 0.1) is 11.2 Å². The Labute approximate surface area is 301 Å². The molecule has 0 unspecified atom stereocenters. The van der Waals surface area contributed by atoms with E-state index in [0.717, 1.165) is 29.4 Å². The van der Waals surface area contributed by atoms with Gasteiger partial charge in [0.05, 0.1) is 5.54 Å². The van der Waals surface area contributed by atoms with E-state index in [1.165, 1.54) is 37.4 Å². The fourth-order valence-corrected chi connectivity index (χ4v) is 5.07. The molecule has 0 radical (unpaired) electrons. The highest BCUT2D eigenvalue weighted by atomic mass is 35.5. The van der Waals surface area contributed by atoms with Crippen LogP contribution in [0.1, 0.15) is 42.6 Å². The van der Waals surface area contributed by atoms with Crippen molar-refractivity contribution in [3.8, 4) is 6.01 Å². The number of rotatable bonds is 13. The molecule has 1 aromatic heterocycles. The lowest BCUT2D eigenvalue weighted by atomic mass is 9.93. The van der Waals surface area contributed by atoms with Gasteiger partial charge in [0.25, 0.3) is 5.91 Å². The van der Waals surface area contributed by atoms with Crippen LogP contribution >= 0.6 is 11.6 Å². The number of nitrogens with zero attached hydrogens (tertiary/aromatic N) is 4. The van der Waals surface area contributed by atoms with E-state index in [2.05, 4.69) is 36.2 Å². The first kappa shape index (κ1) is 37.7. The normalized spacial score (nSPS) is 13.5. The van der Waals surface area contributed by atoms with Gasteiger partial charge in [-0.15, -0.1) is 0 Å². The number of amides is 3. The molecular formula is C35H35ClF4N8O4. The van der Waals surface area contributed by atoms with E-state index in [1.807, 2.05) is 12.1 Å². The van der Waals surface area contributed by atoms with Crippen molar-refractivity contribution in [3.63, 3.8) is 0 Å². The molecule has 4 aromatic rings. The monoisotopic (exact) mass is 742 g/mol. The average Bonchev–Trinajstić information content (AvgIpc) is 3.88. The fraction of sp³-hybridized carbons (Fsp3) is 0.314. The SMILES string of the molecule is CN(C(=O)C(=O)NCC(C)(C)CNC(=O)c1ccc(Nc2nc(NC3(c4ccc(Cl)cc4)CC3)nc(OCC(F)(F)F)n2)cc1)c1cccc(F)c1. The fourth-order valence-electron chi connectivity index (χ4n) is 4.94. The largest absolute Gasteiger partial charge is 0.454 e. The molecule has 1 saturated carbocycles. The van der Waals surface area contributed by atoms with Crippen LogP contribution in [-0.2, 0) is 15.1 Å². The van der Waals surface area contributed by atoms with Gasteiger partial charge in [0.1, 0.15) is 5.82 Å². The predicted octanol–water partition coefficient (Wildman–Crippen LogP) is 5.99. The standard InChI is InChI=1S/C35H35ClF4N8O4/c1-33(2,19-42-28(50)29(51)48(3)26-6-4-5-24(37)17-26)18-41-27(49)21-7-13-25(14-8-21)43-30-44-31(46-32(45-30)52-20-35(38,39)40)47-34(15-16-34)22-9-11-23(36)12-10-22/h4-14,17H,15-16,18-20H2,1-3H3,(H,41,49)(H,42,50)(H2,43,44,45,46,47). The van der Waals surface area contributed by atoms with Crippen LogP contribution in [0.2, 0.25) is 5.02 Å². The van der Waals surface area contributed by atoms with Crippen LogP contribution in [0.3, 0.4) is 0 Å². The zero-order valence-corrected chi connectivity index (χ0v) is 29.0. The minimum Gasteiger partial charge on any atom is -0.454 e. The second kappa shape index (κ2) is 15.4. The predicted molar refractivity (Wildman–Crippen MR) is 186 cm³/mol. The van der Waals surface area contributed by atoms with Gasteiger partial charge in [0.15, 0.2) is 6.61 Å². The molecule has 3 aromatic carbocycles. The Kier molecular flexibility index (Phi) is 11.2. The lowest BCUT2D eigenvalue weighted by Crippen LogP contribution is -2.47. The van der Waals surface area contributed by atoms with Gasteiger partial charge in [-0.3, -0.25) is 14.4 Å². The van der Waals surface area contributed by atoms with Crippen molar-refractivity contribution in [3.05, 3.63) is 94.8 Å². The first-order valence-electron chi connectivity index (χ1n) is 16.0. The second-order valence-corrected chi connectivity index (χ2v) is 13.4. The molecule has 0 saturated heterocycles. The number of carbonyl (C=O) groups is 3. The van der Waals surface area contributed by atoms with E-state index >= 15 is 0 Å². The third kappa shape index (κ3) is 10.3. The molecule has 0 aliphatic heterocycles. The summed E-state index contributed by atoms with van der Waals surface area (Å²) in [6, 6.07) is 18.1. The van der Waals surface area contributed by atoms with E-state index in [4.69, 9.17) is 16.3 Å². The molecule has 17 heteroatoms. The Hall–Kier alpha value is -5.51. The van der Waals surface area contributed by atoms with Gasteiger partial charge in [-0.25, -0.2) is 4.39 Å². The number of likely N-dealkylation sites (N-methyl/N-ethyl adjacent to an activating group) is 1. The van der Waals surface area contributed by atoms with Crippen molar-refractivity contribution in [1.29, 1.82) is 0 Å². The molecule has 3 amide bonds. The molecule has 274 valence electrons. The Morgan fingerprint density at radius 1 is 0.904 bits per heavy atom. The Bertz CT molecular complexity index is 1920. The quantitative estimate of drug-likeness (QED) is 0.0958. The summed E-state index contributed by atoms with van der Waals surface area (Å²) >= 11 is 6.03. The van der Waals surface area contributed by atoms with Crippen LogP contribution in [0.25, 0.3) is 0 Å². The van der Waals surface area contributed by atoms with Crippen molar-refractivity contribution in [1.82, 2.24) is 25.6 Å². The third-order valence-corrected chi connectivity index (χ3v) is 8.28. The molecule has 0 bridgehead atoms. The number of alkyl halides is 3. The minimum absolute atomic E-state index is 0.0000949. The summed E-state index contributed by atoms with van der Waals surface area (Å²) in [7, 11) is 1.36. The Balaban J connectivity index is 1.18. The molecule has 5 rings (SSSR count). The van der Waals surface area contributed by atoms with Crippen molar-refractivity contribution < 1.29 is 36.7 Å². The summed E-state index contributed by atoms with van der Waals surface area (Å²) < 4.78 is 57.1. The maximum absolute atomic E-state index is 13.5. The maximum atomic E-state index is 13.5. The molecule has 1 heterocycles. The van der Waals surface area contributed by atoms with Gasteiger partial charge < -0.3 is 30.9 Å². The van der Waals surface area contributed by atoms with Gasteiger partial charge in [0, 0.05) is 42.1 Å². The van der Waals surface area contributed by atoms with Crippen molar-refractivity contribution >= 4 is 52.6 Å². The highest BCUT2D eigenvalue weighted by Gasteiger charge is 2.45. The molecule has 0 atom stereocenters. The number of ether oxygens (including phenoxy) is 1. The Morgan fingerprint density at radius 2 is 1.56 bits per heavy atom. The van der Waals surface area contributed by atoms with E-state index in [1.54, 1.807) is 38.1 Å². The molecule has 1 aliphatic rings. The lowest BCUT2D eigenvalue weighted by molar-refractivity contribution is -0.154. The van der Waals surface area contributed by atoms with Gasteiger partial charge >= 0.3 is 24.0 Å². The number of carbonyl (C=O) groups excluding carboxylic acids is 3. The minimum atomic E-state index is -4.62. The van der Waals surface area contributed by atoms with Crippen molar-refractivity contribution in [2.24, 2.45) is 5.41 Å². The van der Waals surface area contributed by atoms with Crippen LogP contribution < -0.4 is 30.9 Å². The molecule has 12 nitrogen and oxygen atoms in total. The lowest BCUT2D eigenvalue weighted by Gasteiger charge is -2.26. The number of aromatic nitrogens is 3. The summed E-state index contributed by atoms with van der Waals surface area (Å²) in [4.78, 5) is 51.4. The zero-order valence-electron chi connectivity index (χ0n) is 28.3. The number of halogens is 5. The molecule has 4 N–H and O–H groups in total. The van der Waals surface area contributed by atoms with Crippen LogP contribution in [0.15, 0.2) is 72.8 Å². The van der Waals surface area contributed by atoms with Gasteiger partial charge in [-0.2, -0.15) is 28.1 Å². The summed E-state index contributed by atoms with van der Waals surface area (Å²) in [5.74, 6) is -2.82. The summed E-state index contributed by atoms with van der Waals surface area (Å²) in [5, 5.41) is 12.0. The van der Waals surface area contributed by atoms with Gasteiger partial charge in [0.2, 0.25) is 11.9 Å². The Morgan fingerprint density at radius 3 is 2.19 bits per heavy atom. The summed E-state index contributed by atoms with van der Waals surface area (Å²) in [6.45, 7) is 2.16. The molecular weight excluding hydrogens is 708 g/mol. The number of benzene rings is 3. The number of anilines is 4. The molecule has 0 spiro atoms. The highest BCUT2D eigenvalue weighted by molar-refractivity contribution is 6.40. The topological polar surface area (TPSA) is 150 Å². The maximum Gasteiger partial charge on any atom is 0.422 e. The highest BCUT2D eigenvalue weighted by Crippen LogP contribution is 2.48. The molecule has 1 aliphatic carbocycles. The van der Waals surface area contributed by atoms with E-state index < -0.39 is 53.3 Å². The van der Waals surface area contributed by atoms with Gasteiger partial charge in [-0.05, 0) is 78.4 Å². The first-order chi connectivity index (χ1) is 24.5. The van der Waals surface area contributed by atoms with Crippen molar-refractivity contribution in [2.75, 3.05) is 42.3 Å². The number of hydrogen-bond acceptors (Lipinski definition) is 9. The summed E-state index contributed by atoms with van der Waals surface area (Å²) in [6.07, 6.45) is -3.16. The smallest absolute Gasteiger partial charge is 0.422 e. The van der Waals surface area contributed by atoms with Crippen LogP contribution in [0.5, 0.6) is 6.01 Å². The van der Waals surface area contributed by atoms with Crippen LogP contribution in [0.4, 0.5) is 40.8 Å². The first-order valence-corrected chi connectivity index (χ1v) is 16.4. The van der Waals surface area contributed by atoms with Crippen LogP contribution in [-0.4, -0.2) is 65.6 Å². The number of nitrogens with one attached hydrogen (secondary N) is 4. The molecule has 1 fully saturated rings. The van der Waals surface area contributed by atoms with Crippen molar-refractivity contribution in [2.45, 2.75) is 38.4 Å².